The molecule has 1 aliphatic rings. The molecule has 0 spiro atoms. The first-order valence-corrected chi connectivity index (χ1v) is 5.03. The van der Waals surface area contributed by atoms with Crippen molar-refractivity contribution in [1.82, 2.24) is 0 Å². The second-order valence-electron chi connectivity index (χ2n) is 3.68. The van der Waals surface area contributed by atoms with Gasteiger partial charge in [0.25, 0.3) is 0 Å². The summed E-state index contributed by atoms with van der Waals surface area (Å²) in [6, 6.07) is 0. The van der Waals surface area contributed by atoms with Gasteiger partial charge in [-0.3, -0.25) is 0 Å². The van der Waals surface area contributed by atoms with E-state index < -0.39 is 0 Å². The average Bonchev–Trinajstić information content (AvgIpc) is 2.15. The van der Waals surface area contributed by atoms with Crippen LogP contribution in [0.3, 0.4) is 0 Å². The SMILES string of the molecule is CCO/N=C1/CCOC(C(C)C)C1. The highest BCUT2D eigenvalue weighted by Gasteiger charge is 2.21. The molecule has 3 heteroatoms. The van der Waals surface area contributed by atoms with Gasteiger partial charge in [-0.1, -0.05) is 19.0 Å². The average molecular weight is 185 g/mol. The second-order valence-corrected chi connectivity index (χ2v) is 3.68. The third-order valence-electron chi connectivity index (χ3n) is 2.23. The molecule has 0 aromatic rings. The van der Waals surface area contributed by atoms with Crippen LogP contribution >= 0.6 is 0 Å². The lowest BCUT2D eigenvalue weighted by Crippen LogP contribution is -2.30. The molecule has 0 saturated carbocycles. The van der Waals surface area contributed by atoms with Gasteiger partial charge in [0.1, 0.15) is 6.61 Å². The Morgan fingerprint density at radius 1 is 1.62 bits per heavy atom. The van der Waals surface area contributed by atoms with E-state index in [1.807, 2.05) is 6.92 Å². The summed E-state index contributed by atoms with van der Waals surface area (Å²) in [5.74, 6) is 0.562. The molecule has 0 radical (unpaired) electrons. The van der Waals surface area contributed by atoms with E-state index in [2.05, 4.69) is 19.0 Å². The van der Waals surface area contributed by atoms with Crippen molar-refractivity contribution in [3.8, 4) is 0 Å². The molecule has 1 unspecified atom stereocenters. The summed E-state index contributed by atoms with van der Waals surface area (Å²) < 4.78 is 5.61. The Morgan fingerprint density at radius 3 is 3.00 bits per heavy atom. The van der Waals surface area contributed by atoms with E-state index in [0.717, 1.165) is 25.2 Å². The van der Waals surface area contributed by atoms with Crippen LogP contribution in [-0.4, -0.2) is 25.0 Å². The van der Waals surface area contributed by atoms with E-state index in [1.165, 1.54) is 0 Å². The summed E-state index contributed by atoms with van der Waals surface area (Å²) in [6.45, 7) is 7.73. The molecule has 1 rings (SSSR count). The van der Waals surface area contributed by atoms with E-state index in [9.17, 15) is 0 Å². The number of rotatable bonds is 3. The zero-order valence-electron chi connectivity index (χ0n) is 8.75. The summed E-state index contributed by atoms with van der Waals surface area (Å²) >= 11 is 0. The number of ether oxygens (including phenoxy) is 1. The molecule has 0 aromatic heterocycles. The van der Waals surface area contributed by atoms with Gasteiger partial charge in [-0.05, 0) is 12.8 Å². The first-order valence-electron chi connectivity index (χ1n) is 5.03. The molecule has 1 saturated heterocycles. The molecule has 0 amide bonds. The normalized spacial score (nSPS) is 26.8. The molecule has 13 heavy (non-hydrogen) atoms. The van der Waals surface area contributed by atoms with Crippen LogP contribution in [0, 0.1) is 5.92 Å². The quantitative estimate of drug-likeness (QED) is 0.631. The molecule has 0 N–H and O–H groups in total. The minimum Gasteiger partial charge on any atom is -0.396 e. The van der Waals surface area contributed by atoms with Gasteiger partial charge >= 0.3 is 0 Å². The van der Waals surface area contributed by atoms with Crippen molar-refractivity contribution in [1.29, 1.82) is 0 Å². The van der Waals surface area contributed by atoms with Crippen molar-refractivity contribution in [2.75, 3.05) is 13.2 Å². The van der Waals surface area contributed by atoms with Gasteiger partial charge in [0.2, 0.25) is 0 Å². The number of oxime groups is 1. The van der Waals surface area contributed by atoms with Crippen LogP contribution < -0.4 is 0 Å². The fourth-order valence-electron chi connectivity index (χ4n) is 1.39. The van der Waals surface area contributed by atoms with Crippen molar-refractivity contribution in [2.24, 2.45) is 11.1 Å². The Labute approximate surface area is 80.1 Å². The molecule has 1 fully saturated rings. The molecular formula is C10H19NO2. The first kappa shape index (κ1) is 10.5. The smallest absolute Gasteiger partial charge is 0.114 e. The minimum absolute atomic E-state index is 0.327. The van der Waals surface area contributed by atoms with Crippen molar-refractivity contribution >= 4 is 5.71 Å². The lowest BCUT2D eigenvalue weighted by atomic mass is 9.98. The highest BCUT2D eigenvalue weighted by Crippen LogP contribution is 2.18. The van der Waals surface area contributed by atoms with Crippen molar-refractivity contribution in [3.63, 3.8) is 0 Å². The van der Waals surface area contributed by atoms with Crippen LogP contribution in [0.2, 0.25) is 0 Å². The molecular weight excluding hydrogens is 166 g/mol. The van der Waals surface area contributed by atoms with E-state index in [4.69, 9.17) is 9.57 Å². The number of hydrogen-bond acceptors (Lipinski definition) is 3. The topological polar surface area (TPSA) is 30.8 Å². The van der Waals surface area contributed by atoms with Gasteiger partial charge in [-0.15, -0.1) is 0 Å². The lowest BCUT2D eigenvalue weighted by Gasteiger charge is -2.26. The van der Waals surface area contributed by atoms with Crippen molar-refractivity contribution in [3.05, 3.63) is 0 Å². The number of nitrogens with zero attached hydrogens (tertiary/aromatic N) is 1. The van der Waals surface area contributed by atoms with Gasteiger partial charge < -0.3 is 9.57 Å². The van der Waals surface area contributed by atoms with Crippen LogP contribution in [0.25, 0.3) is 0 Å². The Hall–Kier alpha value is -0.570. The molecule has 76 valence electrons. The summed E-state index contributed by atoms with van der Waals surface area (Å²) in [5, 5.41) is 4.07. The van der Waals surface area contributed by atoms with Gasteiger partial charge in [0, 0.05) is 12.8 Å². The Kier molecular flexibility index (Phi) is 4.22. The maximum Gasteiger partial charge on any atom is 0.114 e. The maximum atomic E-state index is 5.61. The standard InChI is InChI=1S/C10H19NO2/c1-4-13-11-9-5-6-12-10(7-9)8(2)3/h8,10H,4-7H2,1-3H3/b11-9-. The van der Waals surface area contributed by atoms with E-state index in [1.54, 1.807) is 0 Å². The molecule has 1 aliphatic heterocycles. The molecule has 1 atom stereocenters. The van der Waals surface area contributed by atoms with Crippen LogP contribution in [0.15, 0.2) is 5.16 Å². The maximum absolute atomic E-state index is 5.61. The third kappa shape index (κ3) is 3.35. The van der Waals surface area contributed by atoms with Crippen LogP contribution in [-0.2, 0) is 9.57 Å². The zero-order chi connectivity index (χ0) is 9.68. The van der Waals surface area contributed by atoms with Crippen molar-refractivity contribution in [2.45, 2.75) is 39.7 Å². The minimum atomic E-state index is 0.327. The predicted molar refractivity (Wildman–Crippen MR) is 52.9 cm³/mol. The summed E-state index contributed by atoms with van der Waals surface area (Å²) in [4.78, 5) is 5.03. The first-order chi connectivity index (χ1) is 6.24. The summed E-state index contributed by atoms with van der Waals surface area (Å²) in [5.41, 5.74) is 1.15. The Bertz CT molecular complexity index is 178. The van der Waals surface area contributed by atoms with E-state index in [-0.39, 0.29) is 0 Å². The molecule has 0 aliphatic carbocycles. The lowest BCUT2D eigenvalue weighted by molar-refractivity contribution is 0.0175. The van der Waals surface area contributed by atoms with Gasteiger partial charge in [0.05, 0.1) is 18.4 Å². The van der Waals surface area contributed by atoms with Gasteiger partial charge in [0.15, 0.2) is 0 Å². The monoisotopic (exact) mass is 185 g/mol. The van der Waals surface area contributed by atoms with Gasteiger partial charge in [-0.2, -0.15) is 0 Å². The fraction of sp³-hybridized carbons (Fsp3) is 0.900. The Balaban J connectivity index is 2.41. The van der Waals surface area contributed by atoms with Crippen LogP contribution in [0.5, 0.6) is 0 Å². The predicted octanol–water partition coefficient (Wildman–Crippen LogP) is 2.21. The second kappa shape index (κ2) is 5.22. The highest BCUT2D eigenvalue weighted by atomic mass is 16.6. The van der Waals surface area contributed by atoms with Gasteiger partial charge in [-0.25, -0.2) is 0 Å². The van der Waals surface area contributed by atoms with Crippen LogP contribution in [0.4, 0.5) is 0 Å². The largest absolute Gasteiger partial charge is 0.396 e. The fourth-order valence-corrected chi connectivity index (χ4v) is 1.39. The molecule has 1 heterocycles. The molecule has 0 bridgehead atoms. The van der Waals surface area contributed by atoms with Crippen LogP contribution in [0.1, 0.15) is 33.6 Å². The zero-order valence-corrected chi connectivity index (χ0v) is 8.75. The Morgan fingerprint density at radius 2 is 2.38 bits per heavy atom. The third-order valence-corrected chi connectivity index (χ3v) is 2.23. The highest BCUT2D eigenvalue weighted by molar-refractivity contribution is 5.85. The summed E-state index contributed by atoms with van der Waals surface area (Å²) in [6.07, 6.45) is 2.17. The number of hydrogen-bond donors (Lipinski definition) is 0. The molecule has 0 aromatic carbocycles. The van der Waals surface area contributed by atoms with Crippen molar-refractivity contribution < 1.29 is 9.57 Å². The molecule has 3 nitrogen and oxygen atoms in total. The van der Waals surface area contributed by atoms with E-state index in [0.29, 0.717) is 18.6 Å². The summed E-state index contributed by atoms with van der Waals surface area (Å²) in [7, 11) is 0. The van der Waals surface area contributed by atoms with E-state index >= 15 is 0 Å².